The van der Waals surface area contributed by atoms with Gasteiger partial charge in [0.2, 0.25) is 0 Å². The Labute approximate surface area is 93.7 Å². The van der Waals surface area contributed by atoms with Gasteiger partial charge in [0.15, 0.2) is 0 Å². The fourth-order valence-electron chi connectivity index (χ4n) is 3.10. The third-order valence-electron chi connectivity index (χ3n) is 4.50. The number of hydrogen-bond donors (Lipinski definition) is 1. The fourth-order valence-corrected chi connectivity index (χ4v) is 3.10. The lowest BCUT2D eigenvalue weighted by molar-refractivity contribution is 0.0304. The molecule has 0 aromatic heterocycles. The summed E-state index contributed by atoms with van der Waals surface area (Å²) in [4.78, 5) is 2.63. The molecule has 1 saturated carbocycles. The monoisotopic (exact) mass is 211 g/mol. The van der Waals surface area contributed by atoms with E-state index in [9.17, 15) is 5.11 Å². The molecule has 2 fully saturated rings. The Morgan fingerprint density at radius 2 is 1.87 bits per heavy atom. The van der Waals surface area contributed by atoms with Gasteiger partial charge in [-0.05, 0) is 50.5 Å². The van der Waals surface area contributed by atoms with Gasteiger partial charge in [-0.25, -0.2) is 0 Å². The lowest BCUT2D eigenvalue weighted by Gasteiger charge is -2.42. The van der Waals surface area contributed by atoms with Crippen molar-refractivity contribution in [1.29, 1.82) is 0 Å². The fraction of sp³-hybridized carbons (Fsp3) is 1.00. The first-order valence-corrected chi connectivity index (χ1v) is 6.59. The summed E-state index contributed by atoms with van der Waals surface area (Å²) in [6, 6.07) is 0.670. The van der Waals surface area contributed by atoms with Crippen LogP contribution in [0.4, 0.5) is 0 Å². The lowest BCUT2D eigenvalue weighted by atomic mass is 9.85. The summed E-state index contributed by atoms with van der Waals surface area (Å²) in [6.07, 6.45) is 5.87. The van der Waals surface area contributed by atoms with Crippen molar-refractivity contribution in [2.24, 2.45) is 11.8 Å². The number of nitrogens with zero attached hydrogens (tertiary/aromatic N) is 1. The van der Waals surface area contributed by atoms with Gasteiger partial charge < -0.3 is 10.0 Å². The Hall–Kier alpha value is -0.0800. The summed E-state index contributed by atoms with van der Waals surface area (Å²) >= 11 is 0. The van der Waals surface area contributed by atoms with Crippen molar-refractivity contribution in [2.75, 3.05) is 13.1 Å². The molecule has 2 nitrogen and oxygen atoms in total. The topological polar surface area (TPSA) is 23.5 Å². The van der Waals surface area contributed by atoms with E-state index in [1.165, 1.54) is 32.4 Å². The first kappa shape index (κ1) is 11.4. The Bertz CT molecular complexity index is 207. The van der Waals surface area contributed by atoms with Gasteiger partial charge in [0.1, 0.15) is 0 Å². The van der Waals surface area contributed by atoms with Gasteiger partial charge in [-0.1, -0.05) is 13.8 Å². The SMILES string of the molecule is CC1CCN(C2CCCC(O)C2)CC1C. The van der Waals surface area contributed by atoms with Gasteiger partial charge in [-0.15, -0.1) is 0 Å². The van der Waals surface area contributed by atoms with E-state index < -0.39 is 0 Å². The Morgan fingerprint density at radius 3 is 2.53 bits per heavy atom. The average Bonchev–Trinajstić information content (AvgIpc) is 2.22. The first-order chi connectivity index (χ1) is 7.16. The molecule has 1 heterocycles. The normalized spacial score (nSPS) is 44.2. The van der Waals surface area contributed by atoms with Crippen LogP contribution in [0.25, 0.3) is 0 Å². The minimum absolute atomic E-state index is 0.0293. The van der Waals surface area contributed by atoms with E-state index >= 15 is 0 Å². The Morgan fingerprint density at radius 1 is 1.07 bits per heavy atom. The minimum atomic E-state index is -0.0293. The van der Waals surface area contributed by atoms with E-state index in [0.717, 1.165) is 24.7 Å². The highest BCUT2D eigenvalue weighted by molar-refractivity contribution is 4.84. The van der Waals surface area contributed by atoms with E-state index in [2.05, 4.69) is 18.7 Å². The molecule has 1 aliphatic heterocycles. The number of aliphatic hydroxyl groups is 1. The number of piperidine rings is 1. The molecule has 4 unspecified atom stereocenters. The van der Waals surface area contributed by atoms with E-state index in [4.69, 9.17) is 0 Å². The van der Waals surface area contributed by atoms with Crippen LogP contribution in [0.2, 0.25) is 0 Å². The summed E-state index contributed by atoms with van der Waals surface area (Å²) in [6.45, 7) is 7.25. The highest BCUT2D eigenvalue weighted by atomic mass is 16.3. The maximum atomic E-state index is 9.70. The molecule has 0 bridgehead atoms. The van der Waals surface area contributed by atoms with Crippen molar-refractivity contribution < 1.29 is 5.11 Å². The van der Waals surface area contributed by atoms with Crippen LogP contribution in [-0.2, 0) is 0 Å². The summed E-state index contributed by atoms with van der Waals surface area (Å²) < 4.78 is 0. The number of hydrogen-bond acceptors (Lipinski definition) is 2. The van der Waals surface area contributed by atoms with E-state index in [1.54, 1.807) is 0 Å². The molecule has 1 aliphatic carbocycles. The molecule has 0 aromatic carbocycles. The molecular weight excluding hydrogens is 186 g/mol. The molecule has 0 spiro atoms. The zero-order valence-electron chi connectivity index (χ0n) is 10.2. The molecule has 2 aliphatic rings. The van der Waals surface area contributed by atoms with Crippen molar-refractivity contribution >= 4 is 0 Å². The third kappa shape index (κ3) is 2.73. The molecule has 4 atom stereocenters. The Kier molecular flexibility index (Phi) is 3.68. The molecule has 0 radical (unpaired) electrons. The van der Waals surface area contributed by atoms with Crippen molar-refractivity contribution in [3.05, 3.63) is 0 Å². The number of likely N-dealkylation sites (tertiary alicyclic amines) is 1. The minimum Gasteiger partial charge on any atom is -0.393 e. The summed E-state index contributed by atoms with van der Waals surface area (Å²) in [5, 5.41) is 9.70. The second-order valence-electron chi connectivity index (χ2n) is 5.71. The molecule has 0 amide bonds. The summed E-state index contributed by atoms with van der Waals surface area (Å²) in [5.74, 6) is 1.72. The Balaban J connectivity index is 1.87. The maximum absolute atomic E-state index is 9.70. The zero-order valence-corrected chi connectivity index (χ0v) is 10.2. The van der Waals surface area contributed by atoms with Gasteiger partial charge in [0.05, 0.1) is 6.10 Å². The van der Waals surface area contributed by atoms with Crippen LogP contribution in [0.1, 0.15) is 46.0 Å². The average molecular weight is 211 g/mol. The standard InChI is InChI=1S/C13H25NO/c1-10-6-7-14(9-11(10)2)12-4-3-5-13(15)8-12/h10-13,15H,3-9H2,1-2H3. The van der Waals surface area contributed by atoms with Crippen LogP contribution >= 0.6 is 0 Å². The van der Waals surface area contributed by atoms with Gasteiger partial charge in [-0.3, -0.25) is 0 Å². The molecule has 1 N–H and O–H groups in total. The van der Waals surface area contributed by atoms with Crippen molar-refractivity contribution in [3.63, 3.8) is 0 Å². The predicted molar refractivity (Wildman–Crippen MR) is 62.8 cm³/mol. The highest BCUT2D eigenvalue weighted by Crippen LogP contribution is 2.29. The highest BCUT2D eigenvalue weighted by Gasteiger charge is 2.30. The predicted octanol–water partition coefficient (Wildman–Crippen LogP) is 2.27. The number of rotatable bonds is 1. The van der Waals surface area contributed by atoms with Crippen LogP contribution in [0.5, 0.6) is 0 Å². The summed E-state index contributed by atoms with van der Waals surface area (Å²) in [5.41, 5.74) is 0. The second-order valence-corrected chi connectivity index (χ2v) is 5.71. The lowest BCUT2D eigenvalue weighted by Crippen LogP contribution is -2.47. The second kappa shape index (κ2) is 4.84. The molecule has 0 aromatic rings. The largest absolute Gasteiger partial charge is 0.393 e. The molecule has 15 heavy (non-hydrogen) atoms. The number of aliphatic hydroxyl groups excluding tert-OH is 1. The van der Waals surface area contributed by atoms with Crippen molar-refractivity contribution in [1.82, 2.24) is 4.90 Å². The quantitative estimate of drug-likeness (QED) is 0.719. The first-order valence-electron chi connectivity index (χ1n) is 6.59. The van der Waals surface area contributed by atoms with Crippen LogP contribution in [0.15, 0.2) is 0 Å². The smallest absolute Gasteiger partial charge is 0.0555 e. The van der Waals surface area contributed by atoms with Crippen LogP contribution < -0.4 is 0 Å². The van der Waals surface area contributed by atoms with Gasteiger partial charge in [0.25, 0.3) is 0 Å². The van der Waals surface area contributed by atoms with Crippen LogP contribution in [-0.4, -0.2) is 35.2 Å². The molecule has 2 heteroatoms. The summed E-state index contributed by atoms with van der Waals surface area (Å²) in [7, 11) is 0. The third-order valence-corrected chi connectivity index (χ3v) is 4.50. The van der Waals surface area contributed by atoms with E-state index in [0.29, 0.717) is 6.04 Å². The van der Waals surface area contributed by atoms with Crippen LogP contribution in [0.3, 0.4) is 0 Å². The zero-order chi connectivity index (χ0) is 10.8. The molecule has 1 saturated heterocycles. The van der Waals surface area contributed by atoms with Gasteiger partial charge in [-0.2, -0.15) is 0 Å². The molecule has 2 rings (SSSR count). The maximum Gasteiger partial charge on any atom is 0.0555 e. The van der Waals surface area contributed by atoms with Gasteiger partial charge >= 0.3 is 0 Å². The van der Waals surface area contributed by atoms with Crippen LogP contribution in [0, 0.1) is 11.8 Å². The van der Waals surface area contributed by atoms with E-state index in [1.807, 2.05) is 0 Å². The van der Waals surface area contributed by atoms with Gasteiger partial charge in [0, 0.05) is 12.6 Å². The van der Waals surface area contributed by atoms with Crippen molar-refractivity contribution in [2.45, 2.75) is 58.1 Å². The van der Waals surface area contributed by atoms with Crippen molar-refractivity contribution in [3.8, 4) is 0 Å². The van der Waals surface area contributed by atoms with E-state index in [-0.39, 0.29) is 6.10 Å². The molecule has 88 valence electrons. The molecular formula is C13H25NO.